The lowest BCUT2D eigenvalue weighted by Crippen LogP contribution is -2.58. The number of nitrogens with two attached hydrogens (primary N) is 1. The van der Waals surface area contributed by atoms with Crippen LogP contribution in [0.2, 0.25) is 0 Å². The van der Waals surface area contributed by atoms with E-state index < -0.39 is 0 Å². The molecule has 1 unspecified atom stereocenters. The molecule has 1 aliphatic heterocycles. The number of rotatable bonds is 2. The van der Waals surface area contributed by atoms with Crippen LogP contribution in [0, 0.1) is 5.41 Å². The molecular weight excluding hydrogens is 188 g/mol. The maximum absolute atomic E-state index is 6.22. The molecule has 0 aliphatic carbocycles. The summed E-state index contributed by atoms with van der Waals surface area (Å²) in [5.41, 5.74) is 6.52. The van der Waals surface area contributed by atoms with Crippen molar-refractivity contribution >= 4 is 0 Å². The minimum Gasteiger partial charge on any atom is -0.378 e. The van der Waals surface area contributed by atoms with Crippen molar-refractivity contribution in [2.45, 2.75) is 46.2 Å². The lowest BCUT2D eigenvalue weighted by Gasteiger charge is -2.45. The van der Waals surface area contributed by atoms with Gasteiger partial charge in [-0.05, 0) is 19.3 Å². The van der Waals surface area contributed by atoms with Gasteiger partial charge in [0.1, 0.15) is 0 Å². The molecule has 2 N–H and O–H groups in total. The second-order valence-corrected chi connectivity index (χ2v) is 6.28. The van der Waals surface area contributed by atoms with Gasteiger partial charge >= 0.3 is 0 Å². The average molecular weight is 214 g/mol. The normalized spacial score (nSPS) is 25.2. The zero-order valence-corrected chi connectivity index (χ0v) is 10.8. The molecule has 0 radical (unpaired) electrons. The monoisotopic (exact) mass is 214 g/mol. The second kappa shape index (κ2) is 4.40. The van der Waals surface area contributed by atoms with E-state index >= 15 is 0 Å². The van der Waals surface area contributed by atoms with Crippen LogP contribution in [0.25, 0.3) is 0 Å². The number of hydrogen-bond donors (Lipinski definition) is 1. The van der Waals surface area contributed by atoms with Crippen LogP contribution in [-0.2, 0) is 4.74 Å². The molecule has 0 aromatic carbocycles. The summed E-state index contributed by atoms with van der Waals surface area (Å²) < 4.78 is 5.50. The topological polar surface area (TPSA) is 38.5 Å². The quantitative estimate of drug-likeness (QED) is 0.756. The number of ether oxygens (including phenoxy) is 1. The first kappa shape index (κ1) is 12.9. The Labute approximate surface area is 94.0 Å². The predicted octanol–water partition coefficient (Wildman–Crippen LogP) is 1.47. The molecule has 15 heavy (non-hydrogen) atoms. The first-order chi connectivity index (χ1) is 6.73. The first-order valence-corrected chi connectivity index (χ1v) is 5.82. The van der Waals surface area contributed by atoms with Crippen molar-refractivity contribution in [1.29, 1.82) is 0 Å². The zero-order valence-electron chi connectivity index (χ0n) is 10.8. The van der Waals surface area contributed by atoms with Crippen molar-refractivity contribution in [3.63, 3.8) is 0 Å². The van der Waals surface area contributed by atoms with E-state index in [1.807, 2.05) is 0 Å². The zero-order chi connectivity index (χ0) is 11.7. The number of morpholine rings is 1. The van der Waals surface area contributed by atoms with Crippen molar-refractivity contribution in [2.24, 2.45) is 11.1 Å². The largest absolute Gasteiger partial charge is 0.378 e. The fourth-order valence-electron chi connectivity index (χ4n) is 1.74. The average Bonchev–Trinajstić information content (AvgIpc) is 2.06. The molecule has 0 spiro atoms. The Morgan fingerprint density at radius 1 is 1.40 bits per heavy atom. The Morgan fingerprint density at radius 2 is 2.00 bits per heavy atom. The van der Waals surface area contributed by atoms with Crippen LogP contribution in [0.5, 0.6) is 0 Å². The van der Waals surface area contributed by atoms with Crippen LogP contribution in [0.15, 0.2) is 0 Å². The highest BCUT2D eigenvalue weighted by molar-refractivity contribution is 4.89. The van der Waals surface area contributed by atoms with E-state index in [4.69, 9.17) is 10.5 Å². The van der Waals surface area contributed by atoms with Gasteiger partial charge in [-0.1, -0.05) is 20.8 Å². The van der Waals surface area contributed by atoms with Crippen LogP contribution in [-0.4, -0.2) is 42.8 Å². The fraction of sp³-hybridized carbons (Fsp3) is 1.00. The third-order valence-corrected chi connectivity index (χ3v) is 3.35. The highest BCUT2D eigenvalue weighted by atomic mass is 16.5. The Bertz CT molecular complexity index is 208. The maximum Gasteiger partial charge on any atom is 0.0645 e. The number of hydrogen-bond acceptors (Lipinski definition) is 3. The fourth-order valence-corrected chi connectivity index (χ4v) is 1.74. The van der Waals surface area contributed by atoms with Crippen molar-refractivity contribution in [1.82, 2.24) is 4.90 Å². The molecular formula is C12H26N2O. The summed E-state index contributed by atoms with van der Waals surface area (Å²) in [5.74, 6) is 0. The molecule has 0 aromatic heterocycles. The van der Waals surface area contributed by atoms with Gasteiger partial charge in [0.15, 0.2) is 0 Å². The highest BCUT2D eigenvalue weighted by Gasteiger charge is 2.33. The van der Waals surface area contributed by atoms with Gasteiger partial charge < -0.3 is 10.5 Å². The molecule has 1 rings (SSSR count). The van der Waals surface area contributed by atoms with Crippen LogP contribution < -0.4 is 5.73 Å². The van der Waals surface area contributed by atoms with Gasteiger partial charge in [-0.15, -0.1) is 0 Å². The lowest BCUT2D eigenvalue weighted by atomic mass is 9.86. The summed E-state index contributed by atoms with van der Waals surface area (Å²) >= 11 is 0. The number of nitrogens with zero attached hydrogens (tertiary/aromatic N) is 1. The summed E-state index contributed by atoms with van der Waals surface area (Å²) in [7, 11) is 0. The first-order valence-electron chi connectivity index (χ1n) is 5.82. The van der Waals surface area contributed by atoms with Gasteiger partial charge in [0.05, 0.1) is 13.2 Å². The van der Waals surface area contributed by atoms with Gasteiger partial charge in [0.25, 0.3) is 0 Å². The van der Waals surface area contributed by atoms with Crippen molar-refractivity contribution < 1.29 is 4.74 Å². The lowest BCUT2D eigenvalue weighted by molar-refractivity contribution is -0.0570. The van der Waals surface area contributed by atoms with Gasteiger partial charge in [-0.25, -0.2) is 0 Å². The van der Waals surface area contributed by atoms with Crippen molar-refractivity contribution in [3.05, 3.63) is 0 Å². The van der Waals surface area contributed by atoms with E-state index in [-0.39, 0.29) is 17.0 Å². The van der Waals surface area contributed by atoms with E-state index in [0.717, 1.165) is 26.3 Å². The second-order valence-electron chi connectivity index (χ2n) is 6.28. The van der Waals surface area contributed by atoms with Crippen molar-refractivity contribution in [3.8, 4) is 0 Å². The van der Waals surface area contributed by atoms with Crippen LogP contribution >= 0.6 is 0 Å². The Kier molecular flexibility index (Phi) is 3.80. The molecule has 1 aliphatic rings. The molecule has 0 amide bonds. The van der Waals surface area contributed by atoms with Crippen LogP contribution in [0.4, 0.5) is 0 Å². The van der Waals surface area contributed by atoms with Crippen LogP contribution in [0.3, 0.4) is 0 Å². The molecule has 1 saturated heterocycles. The molecule has 0 saturated carbocycles. The van der Waals surface area contributed by atoms with Gasteiger partial charge in [0.2, 0.25) is 0 Å². The summed E-state index contributed by atoms with van der Waals surface area (Å²) in [6.45, 7) is 14.6. The summed E-state index contributed by atoms with van der Waals surface area (Å²) in [6.07, 6.45) is 0. The molecule has 0 bridgehead atoms. The minimum atomic E-state index is 0.126. The molecule has 90 valence electrons. The molecule has 1 heterocycles. The highest BCUT2D eigenvalue weighted by Crippen LogP contribution is 2.23. The van der Waals surface area contributed by atoms with E-state index in [9.17, 15) is 0 Å². The summed E-state index contributed by atoms with van der Waals surface area (Å²) in [6, 6.07) is 0.217. The molecule has 1 fully saturated rings. The smallest absolute Gasteiger partial charge is 0.0645 e. The van der Waals surface area contributed by atoms with Gasteiger partial charge in [-0.3, -0.25) is 4.90 Å². The van der Waals surface area contributed by atoms with E-state index in [0.29, 0.717) is 0 Å². The van der Waals surface area contributed by atoms with E-state index in [1.165, 1.54) is 0 Å². The Balaban J connectivity index is 2.56. The molecule has 0 aromatic rings. The summed E-state index contributed by atoms with van der Waals surface area (Å²) in [5, 5.41) is 0. The van der Waals surface area contributed by atoms with Gasteiger partial charge in [0, 0.05) is 24.7 Å². The standard InChI is InChI=1S/C12H26N2O/c1-11(2,3)10(13)8-14-6-7-15-9-12(14,4)5/h10H,6-9,13H2,1-5H3. The Morgan fingerprint density at radius 3 is 2.47 bits per heavy atom. The minimum absolute atomic E-state index is 0.126. The Hall–Kier alpha value is -0.120. The van der Waals surface area contributed by atoms with Gasteiger partial charge in [-0.2, -0.15) is 0 Å². The van der Waals surface area contributed by atoms with E-state index in [1.54, 1.807) is 0 Å². The van der Waals surface area contributed by atoms with E-state index in [2.05, 4.69) is 39.5 Å². The predicted molar refractivity (Wildman–Crippen MR) is 63.9 cm³/mol. The van der Waals surface area contributed by atoms with Crippen molar-refractivity contribution in [2.75, 3.05) is 26.3 Å². The SMILES string of the molecule is CC(C)(C)C(N)CN1CCOCC1(C)C. The summed E-state index contributed by atoms with van der Waals surface area (Å²) in [4.78, 5) is 2.45. The maximum atomic E-state index is 6.22. The molecule has 3 nitrogen and oxygen atoms in total. The molecule has 1 atom stereocenters. The third kappa shape index (κ3) is 3.44. The third-order valence-electron chi connectivity index (χ3n) is 3.35. The van der Waals surface area contributed by atoms with Crippen LogP contribution in [0.1, 0.15) is 34.6 Å². The molecule has 3 heteroatoms.